The Morgan fingerprint density at radius 3 is 1.32 bits per heavy atom. The first-order valence-corrected chi connectivity index (χ1v) is 13.5. The molecule has 0 aliphatic heterocycles. The molecule has 5 aromatic heterocycles. The zero-order valence-corrected chi connectivity index (χ0v) is 21.7. The fourth-order valence-electron chi connectivity index (χ4n) is 6.14. The van der Waals surface area contributed by atoms with Gasteiger partial charge in [-0.2, -0.15) is 0 Å². The van der Waals surface area contributed by atoms with Crippen LogP contribution in [0.3, 0.4) is 0 Å². The molecule has 0 spiro atoms. The van der Waals surface area contributed by atoms with Gasteiger partial charge in [0.05, 0.1) is 22.1 Å². The van der Waals surface area contributed by atoms with Crippen molar-refractivity contribution < 1.29 is 4.42 Å². The number of benzene rings is 4. The molecule has 0 saturated heterocycles. The number of furan rings is 1. The van der Waals surface area contributed by atoms with E-state index in [1.165, 1.54) is 0 Å². The molecule has 0 fully saturated rings. The molecule has 0 radical (unpaired) electrons. The van der Waals surface area contributed by atoms with Crippen LogP contribution in [-0.4, -0.2) is 19.9 Å². The average Bonchev–Trinajstić information content (AvgIpc) is 3.41. The molecule has 9 rings (SSSR count). The molecule has 0 unspecified atom stereocenters. The van der Waals surface area contributed by atoms with E-state index in [4.69, 9.17) is 14.4 Å². The number of nitrogens with zero attached hydrogens (tertiary/aromatic N) is 4. The van der Waals surface area contributed by atoms with Crippen LogP contribution in [0.25, 0.3) is 87.8 Å². The molecular weight excluding hydrogens is 504 g/mol. The molecule has 0 atom stereocenters. The molecule has 4 aromatic carbocycles. The third-order valence-electron chi connectivity index (χ3n) is 8.01. The van der Waals surface area contributed by atoms with Gasteiger partial charge in [-0.15, -0.1) is 0 Å². The Morgan fingerprint density at radius 1 is 0.390 bits per heavy atom. The van der Waals surface area contributed by atoms with Gasteiger partial charge in [-0.3, -0.25) is 19.9 Å². The number of hydrogen-bond donors (Lipinski definition) is 0. The standard InChI is InChI=1S/C36H20N4O/c1-5-23-19-27(25-7-3-15-39-35(25)33(23)37-13-1)21-9-11-31-29(17-21)30-18-22(10-12-32(30)41-31)28-20-24-6-2-14-38-34(24)36-26(28)8-4-16-40-36/h1-20H. The predicted octanol–water partition coefficient (Wildman–Crippen LogP) is 9.11. The van der Waals surface area contributed by atoms with Crippen LogP contribution < -0.4 is 0 Å². The molecule has 5 heteroatoms. The lowest BCUT2D eigenvalue weighted by molar-refractivity contribution is 0.669. The summed E-state index contributed by atoms with van der Waals surface area (Å²) >= 11 is 0. The first-order valence-electron chi connectivity index (χ1n) is 13.5. The maximum absolute atomic E-state index is 6.30. The van der Waals surface area contributed by atoms with Crippen LogP contribution in [-0.2, 0) is 0 Å². The van der Waals surface area contributed by atoms with E-state index < -0.39 is 0 Å². The fourth-order valence-corrected chi connectivity index (χ4v) is 6.14. The van der Waals surface area contributed by atoms with Gasteiger partial charge < -0.3 is 4.42 Å². The molecule has 0 N–H and O–H groups in total. The summed E-state index contributed by atoms with van der Waals surface area (Å²) in [5, 5.41) is 6.45. The van der Waals surface area contributed by atoms with E-state index in [0.29, 0.717) is 0 Å². The summed E-state index contributed by atoms with van der Waals surface area (Å²) in [5.41, 5.74) is 9.84. The third-order valence-corrected chi connectivity index (χ3v) is 8.01. The van der Waals surface area contributed by atoms with E-state index in [9.17, 15) is 0 Å². The molecule has 0 bridgehead atoms. The number of rotatable bonds is 2. The number of hydrogen-bond acceptors (Lipinski definition) is 5. The summed E-state index contributed by atoms with van der Waals surface area (Å²) < 4.78 is 6.30. The Morgan fingerprint density at radius 2 is 0.829 bits per heavy atom. The van der Waals surface area contributed by atoms with Gasteiger partial charge in [0.15, 0.2) is 0 Å². The van der Waals surface area contributed by atoms with Gasteiger partial charge in [0.1, 0.15) is 11.2 Å². The highest BCUT2D eigenvalue weighted by Crippen LogP contribution is 2.39. The zero-order valence-electron chi connectivity index (χ0n) is 21.7. The van der Waals surface area contributed by atoms with Crippen molar-refractivity contribution in [2.24, 2.45) is 0 Å². The summed E-state index contributed by atoms with van der Waals surface area (Å²) in [7, 11) is 0. The second kappa shape index (κ2) is 8.41. The van der Waals surface area contributed by atoms with E-state index >= 15 is 0 Å². The van der Waals surface area contributed by atoms with Gasteiger partial charge in [-0.05, 0) is 82.9 Å². The first kappa shape index (κ1) is 22.2. The number of pyridine rings is 4. The van der Waals surface area contributed by atoms with E-state index in [1.54, 1.807) is 0 Å². The van der Waals surface area contributed by atoms with Gasteiger partial charge >= 0.3 is 0 Å². The van der Waals surface area contributed by atoms with Crippen molar-refractivity contribution in [1.29, 1.82) is 0 Å². The van der Waals surface area contributed by atoms with Crippen molar-refractivity contribution in [3.63, 3.8) is 0 Å². The normalized spacial score (nSPS) is 11.9. The summed E-state index contributed by atoms with van der Waals surface area (Å²) in [6.07, 6.45) is 7.30. The molecule has 0 amide bonds. The Bertz CT molecular complexity index is 2320. The maximum Gasteiger partial charge on any atom is 0.135 e. The second-order valence-electron chi connectivity index (χ2n) is 10.3. The minimum absolute atomic E-state index is 0.861. The highest BCUT2D eigenvalue weighted by molar-refractivity contribution is 6.14. The third kappa shape index (κ3) is 3.29. The monoisotopic (exact) mass is 524 g/mol. The smallest absolute Gasteiger partial charge is 0.135 e. The minimum atomic E-state index is 0.861. The van der Waals surface area contributed by atoms with Crippen molar-refractivity contribution in [1.82, 2.24) is 19.9 Å². The van der Waals surface area contributed by atoms with Crippen LogP contribution in [0.2, 0.25) is 0 Å². The van der Waals surface area contributed by atoms with Crippen LogP contribution in [0.5, 0.6) is 0 Å². The van der Waals surface area contributed by atoms with Crippen molar-refractivity contribution >= 4 is 65.6 Å². The van der Waals surface area contributed by atoms with Crippen molar-refractivity contribution in [2.45, 2.75) is 0 Å². The number of fused-ring (bicyclic) bond motifs is 9. The van der Waals surface area contributed by atoms with Crippen LogP contribution >= 0.6 is 0 Å². The predicted molar refractivity (Wildman–Crippen MR) is 166 cm³/mol. The lowest BCUT2D eigenvalue weighted by Gasteiger charge is -2.10. The summed E-state index contributed by atoms with van der Waals surface area (Å²) in [4.78, 5) is 18.6. The van der Waals surface area contributed by atoms with E-state index in [2.05, 4.69) is 82.8 Å². The first-order chi connectivity index (χ1) is 20.3. The fraction of sp³-hybridized carbons (Fsp3) is 0. The zero-order chi connectivity index (χ0) is 26.9. The van der Waals surface area contributed by atoms with Crippen molar-refractivity contribution in [3.05, 3.63) is 122 Å². The molecule has 41 heavy (non-hydrogen) atoms. The molecule has 0 aliphatic carbocycles. The Balaban J connectivity index is 1.29. The van der Waals surface area contributed by atoms with Crippen LogP contribution in [0, 0.1) is 0 Å². The molecule has 190 valence electrons. The SMILES string of the molecule is c1cnc2c(c1)cc(-c1ccc3oc4ccc(-c5cc6cccnc6c6ncccc56)cc4c3c1)c1cccnc12. The molecule has 9 aromatic rings. The van der Waals surface area contributed by atoms with E-state index in [-0.39, 0.29) is 0 Å². The molecule has 5 heterocycles. The largest absolute Gasteiger partial charge is 0.456 e. The average molecular weight is 525 g/mol. The Labute approximate surface area is 233 Å². The second-order valence-corrected chi connectivity index (χ2v) is 10.3. The topological polar surface area (TPSA) is 64.7 Å². The van der Waals surface area contributed by atoms with Gasteiger partial charge in [0.25, 0.3) is 0 Å². The Hall–Kier alpha value is -5.68. The van der Waals surface area contributed by atoms with Gasteiger partial charge in [0, 0.05) is 57.1 Å². The van der Waals surface area contributed by atoms with Gasteiger partial charge in [-0.1, -0.05) is 36.4 Å². The number of aromatic nitrogens is 4. The summed E-state index contributed by atoms with van der Waals surface area (Å²) in [5.74, 6) is 0. The molecule has 5 nitrogen and oxygen atoms in total. The minimum Gasteiger partial charge on any atom is -0.456 e. The summed E-state index contributed by atoms with van der Waals surface area (Å²) in [6.45, 7) is 0. The van der Waals surface area contributed by atoms with Gasteiger partial charge in [0.2, 0.25) is 0 Å². The van der Waals surface area contributed by atoms with Crippen molar-refractivity contribution in [3.8, 4) is 22.3 Å². The molecular formula is C36H20N4O. The van der Waals surface area contributed by atoms with Gasteiger partial charge in [-0.25, -0.2) is 0 Å². The molecule has 0 saturated carbocycles. The Kier molecular flexibility index (Phi) is 4.55. The van der Waals surface area contributed by atoms with Crippen LogP contribution in [0.15, 0.2) is 126 Å². The lowest BCUT2D eigenvalue weighted by atomic mass is 9.95. The maximum atomic E-state index is 6.30. The molecule has 0 aliphatic rings. The lowest BCUT2D eigenvalue weighted by Crippen LogP contribution is -1.89. The highest BCUT2D eigenvalue weighted by Gasteiger charge is 2.15. The highest BCUT2D eigenvalue weighted by atomic mass is 16.3. The van der Waals surface area contributed by atoms with E-state index in [0.717, 1.165) is 87.8 Å². The quantitative estimate of drug-likeness (QED) is 0.211. The van der Waals surface area contributed by atoms with Crippen LogP contribution in [0.1, 0.15) is 0 Å². The van der Waals surface area contributed by atoms with Crippen LogP contribution in [0.4, 0.5) is 0 Å². The summed E-state index contributed by atoms with van der Waals surface area (Å²) in [6, 6.07) is 33.6. The van der Waals surface area contributed by atoms with E-state index in [1.807, 2.05) is 49.1 Å². The van der Waals surface area contributed by atoms with Crippen molar-refractivity contribution in [2.75, 3.05) is 0 Å².